The van der Waals surface area contributed by atoms with Gasteiger partial charge in [0.2, 0.25) is 5.91 Å². The number of thiophene rings is 1. The molecule has 0 radical (unpaired) electrons. The highest BCUT2D eigenvalue weighted by atomic mass is 32.2. The molecule has 1 aliphatic rings. The predicted octanol–water partition coefficient (Wildman–Crippen LogP) is 4.70. The molecule has 1 aliphatic heterocycles. The summed E-state index contributed by atoms with van der Waals surface area (Å²) in [6, 6.07) is 12.8. The highest BCUT2D eigenvalue weighted by Gasteiger charge is 2.30. The summed E-state index contributed by atoms with van der Waals surface area (Å²) in [6.45, 7) is 2.93. The van der Waals surface area contributed by atoms with Crippen LogP contribution in [0.25, 0.3) is 5.69 Å². The lowest BCUT2D eigenvalue weighted by atomic mass is 10.2. The summed E-state index contributed by atoms with van der Waals surface area (Å²) in [6.07, 6.45) is 5.89. The van der Waals surface area contributed by atoms with Crippen LogP contribution < -0.4 is 0 Å². The van der Waals surface area contributed by atoms with E-state index in [1.165, 1.54) is 22.2 Å². The Morgan fingerprint density at radius 2 is 2.27 bits per heavy atom. The van der Waals surface area contributed by atoms with E-state index in [1.54, 1.807) is 17.5 Å². The van der Waals surface area contributed by atoms with Crippen molar-refractivity contribution >= 4 is 29.0 Å². The first kappa shape index (κ1) is 17.4. The normalized spacial score (nSPS) is 17.0. The Balaban J connectivity index is 1.45. The molecule has 3 aromatic rings. The molecule has 1 amide bonds. The zero-order valence-electron chi connectivity index (χ0n) is 14.7. The Bertz CT molecular complexity index is 888. The largest absolute Gasteiger partial charge is 0.334 e. The summed E-state index contributed by atoms with van der Waals surface area (Å²) < 4.78 is 2.05. The number of likely N-dealkylation sites (tertiary alicyclic amines) is 1. The number of amides is 1. The van der Waals surface area contributed by atoms with Gasteiger partial charge in [-0.2, -0.15) is 0 Å². The average Bonchev–Trinajstić information content (AvgIpc) is 3.40. The Labute approximate surface area is 161 Å². The van der Waals surface area contributed by atoms with Crippen LogP contribution >= 0.6 is 23.1 Å². The number of nitrogens with zero attached hydrogens (tertiary/aromatic N) is 3. The number of hydrogen-bond acceptors (Lipinski definition) is 4. The number of aryl methyl sites for hydroxylation is 1. The molecule has 0 spiro atoms. The molecule has 2 aromatic heterocycles. The minimum atomic E-state index is 0.199. The predicted molar refractivity (Wildman–Crippen MR) is 107 cm³/mol. The highest BCUT2D eigenvalue weighted by molar-refractivity contribution is 7.99. The lowest BCUT2D eigenvalue weighted by molar-refractivity contribution is -0.129. The minimum absolute atomic E-state index is 0.199. The van der Waals surface area contributed by atoms with Crippen LogP contribution in [0.3, 0.4) is 0 Å². The summed E-state index contributed by atoms with van der Waals surface area (Å²) in [7, 11) is 0. The second-order valence-electron chi connectivity index (χ2n) is 6.47. The molecule has 0 aliphatic carbocycles. The summed E-state index contributed by atoms with van der Waals surface area (Å²) >= 11 is 3.25. The molecule has 6 heteroatoms. The zero-order valence-corrected chi connectivity index (χ0v) is 16.3. The third-order valence-corrected chi connectivity index (χ3v) is 6.58. The maximum atomic E-state index is 12.8. The SMILES string of the molecule is Cc1cccc(-n2ccnc2SCC(=O)N2CCCC2c2cccs2)c1. The molecule has 134 valence electrons. The number of carbonyl (C=O) groups is 1. The Morgan fingerprint density at radius 1 is 1.35 bits per heavy atom. The molecule has 4 rings (SSSR count). The van der Waals surface area contributed by atoms with E-state index in [2.05, 4.69) is 47.6 Å². The fourth-order valence-electron chi connectivity index (χ4n) is 3.42. The topological polar surface area (TPSA) is 38.1 Å². The van der Waals surface area contributed by atoms with Crippen LogP contribution in [0.15, 0.2) is 59.3 Å². The third-order valence-electron chi connectivity index (χ3n) is 4.66. The van der Waals surface area contributed by atoms with Gasteiger partial charge in [0.15, 0.2) is 5.16 Å². The van der Waals surface area contributed by atoms with Gasteiger partial charge in [-0.1, -0.05) is 30.0 Å². The first-order valence-corrected chi connectivity index (χ1v) is 10.6. The van der Waals surface area contributed by atoms with Gasteiger partial charge in [0.1, 0.15) is 0 Å². The van der Waals surface area contributed by atoms with Crippen LogP contribution in [-0.4, -0.2) is 32.7 Å². The van der Waals surface area contributed by atoms with Gasteiger partial charge in [-0.25, -0.2) is 4.98 Å². The number of aromatic nitrogens is 2. The van der Waals surface area contributed by atoms with Crippen LogP contribution in [-0.2, 0) is 4.79 Å². The highest BCUT2D eigenvalue weighted by Crippen LogP contribution is 2.35. The Hall–Kier alpha value is -2.05. The van der Waals surface area contributed by atoms with Crippen LogP contribution in [0.2, 0.25) is 0 Å². The van der Waals surface area contributed by atoms with Crippen molar-refractivity contribution in [2.75, 3.05) is 12.3 Å². The molecule has 1 atom stereocenters. The molecule has 0 N–H and O–H groups in total. The van der Waals surface area contributed by atoms with Gasteiger partial charge >= 0.3 is 0 Å². The van der Waals surface area contributed by atoms with Crippen molar-refractivity contribution in [1.29, 1.82) is 0 Å². The van der Waals surface area contributed by atoms with Crippen molar-refractivity contribution in [3.05, 3.63) is 64.6 Å². The van der Waals surface area contributed by atoms with Gasteiger partial charge in [0.05, 0.1) is 11.8 Å². The van der Waals surface area contributed by atoms with E-state index in [9.17, 15) is 4.79 Å². The van der Waals surface area contributed by atoms with Crippen LogP contribution in [0.1, 0.15) is 29.3 Å². The van der Waals surface area contributed by atoms with Crippen LogP contribution in [0.4, 0.5) is 0 Å². The molecule has 3 heterocycles. The van der Waals surface area contributed by atoms with Crippen molar-refractivity contribution in [2.24, 2.45) is 0 Å². The van der Waals surface area contributed by atoms with E-state index in [1.807, 2.05) is 21.7 Å². The molecule has 0 saturated carbocycles. The molecular formula is C20H21N3OS2. The average molecular weight is 384 g/mol. The third kappa shape index (κ3) is 3.57. The molecule has 1 fully saturated rings. The molecule has 1 saturated heterocycles. The summed E-state index contributed by atoms with van der Waals surface area (Å²) in [5.74, 6) is 0.620. The number of imidazole rings is 1. The lowest BCUT2D eigenvalue weighted by Gasteiger charge is -2.23. The van der Waals surface area contributed by atoms with Gasteiger partial charge < -0.3 is 4.90 Å². The van der Waals surface area contributed by atoms with Crippen LogP contribution in [0.5, 0.6) is 0 Å². The van der Waals surface area contributed by atoms with Crippen LogP contribution in [0, 0.1) is 6.92 Å². The number of thioether (sulfide) groups is 1. The monoisotopic (exact) mass is 383 g/mol. The van der Waals surface area contributed by atoms with Gasteiger partial charge in [-0.15, -0.1) is 11.3 Å². The van der Waals surface area contributed by atoms with Gasteiger partial charge in [0.25, 0.3) is 0 Å². The maximum Gasteiger partial charge on any atom is 0.233 e. The maximum absolute atomic E-state index is 12.8. The fourth-order valence-corrected chi connectivity index (χ4v) is 5.15. The molecule has 1 unspecified atom stereocenters. The number of benzene rings is 1. The number of rotatable bonds is 5. The minimum Gasteiger partial charge on any atom is -0.334 e. The number of hydrogen-bond donors (Lipinski definition) is 0. The summed E-state index contributed by atoms with van der Waals surface area (Å²) in [4.78, 5) is 20.6. The van der Waals surface area contributed by atoms with E-state index in [0.717, 1.165) is 30.2 Å². The molecule has 4 nitrogen and oxygen atoms in total. The summed E-state index contributed by atoms with van der Waals surface area (Å²) in [5, 5.41) is 2.94. The van der Waals surface area contributed by atoms with E-state index < -0.39 is 0 Å². The van der Waals surface area contributed by atoms with E-state index in [4.69, 9.17) is 0 Å². The van der Waals surface area contributed by atoms with E-state index in [0.29, 0.717) is 5.75 Å². The first-order valence-electron chi connectivity index (χ1n) is 8.78. The van der Waals surface area contributed by atoms with Crippen molar-refractivity contribution < 1.29 is 4.79 Å². The molecule has 0 bridgehead atoms. The molecule has 26 heavy (non-hydrogen) atoms. The standard InChI is InChI=1S/C20H21N3OS2/c1-15-5-2-6-16(13-15)22-11-9-21-20(22)26-14-19(24)23-10-3-7-17(23)18-8-4-12-25-18/h2,4-6,8-9,11-13,17H,3,7,10,14H2,1H3. The van der Waals surface area contributed by atoms with Crippen molar-refractivity contribution in [2.45, 2.75) is 31.0 Å². The second-order valence-corrected chi connectivity index (χ2v) is 8.39. The number of carbonyl (C=O) groups excluding carboxylic acids is 1. The summed E-state index contributed by atoms with van der Waals surface area (Å²) in [5.41, 5.74) is 2.29. The van der Waals surface area contributed by atoms with E-state index in [-0.39, 0.29) is 11.9 Å². The second kappa shape index (κ2) is 7.68. The van der Waals surface area contributed by atoms with Crippen molar-refractivity contribution in [3.8, 4) is 5.69 Å². The Kier molecular flexibility index (Phi) is 5.13. The smallest absolute Gasteiger partial charge is 0.233 e. The van der Waals surface area contributed by atoms with Gasteiger partial charge in [-0.3, -0.25) is 9.36 Å². The van der Waals surface area contributed by atoms with Gasteiger partial charge in [-0.05, 0) is 48.9 Å². The molecular weight excluding hydrogens is 362 g/mol. The van der Waals surface area contributed by atoms with Crippen molar-refractivity contribution in [3.63, 3.8) is 0 Å². The lowest BCUT2D eigenvalue weighted by Crippen LogP contribution is -2.31. The molecule has 1 aromatic carbocycles. The van der Waals surface area contributed by atoms with Gasteiger partial charge in [0, 0.05) is 29.5 Å². The first-order chi connectivity index (χ1) is 12.7. The van der Waals surface area contributed by atoms with Crippen molar-refractivity contribution in [1.82, 2.24) is 14.5 Å². The Morgan fingerprint density at radius 3 is 3.08 bits per heavy atom. The zero-order chi connectivity index (χ0) is 17.9. The van der Waals surface area contributed by atoms with E-state index >= 15 is 0 Å². The fraction of sp³-hybridized carbons (Fsp3) is 0.300. The quantitative estimate of drug-likeness (QED) is 0.600.